The first-order chi connectivity index (χ1) is 10.8. The highest BCUT2D eigenvalue weighted by atomic mass is 35.5. The molecule has 0 saturated heterocycles. The van der Waals surface area contributed by atoms with E-state index in [1.54, 1.807) is 11.3 Å². The fourth-order valence-corrected chi connectivity index (χ4v) is 2.89. The summed E-state index contributed by atoms with van der Waals surface area (Å²) in [4.78, 5) is 6.67. The van der Waals surface area contributed by atoms with Gasteiger partial charge in [0.05, 0.1) is 6.54 Å². The predicted octanol–water partition coefficient (Wildman–Crippen LogP) is 3.18. The topological polar surface area (TPSA) is 68.2 Å². The summed E-state index contributed by atoms with van der Waals surface area (Å²) in [5.41, 5.74) is 7.95. The average Bonchev–Trinajstić information content (AvgIpc) is 3.19. The highest BCUT2D eigenvalue weighted by molar-refractivity contribution is 7.08. The Hall–Kier alpha value is -1.73. The molecular weight excluding hydrogens is 332 g/mol. The van der Waals surface area contributed by atoms with Gasteiger partial charge in [0, 0.05) is 30.6 Å². The van der Waals surface area contributed by atoms with Crippen LogP contribution in [0.5, 0.6) is 0 Å². The first-order valence-corrected chi connectivity index (χ1v) is 8.11. The molecule has 0 atom stereocenters. The molecule has 0 unspecified atom stereocenters. The number of nitrogens with zero attached hydrogens (tertiary/aromatic N) is 3. The Kier molecular flexibility index (Phi) is 6.73. The molecule has 0 amide bonds. The lowest BCUT2D eigenvalue weighted by Gasteiger charge is -2.19. The standard InChI is InChI=1S/C16H18N4OS.ClH/c17-7-8-20(10-13-4-2-1-3-5-13)11-15-18-16(19-21-15)14-6-9-22-12-14;/h1-6,9,12H,7-8,10-11,17H2;1H. The van der Waals surface area contributed by atoms with Gasteiger partial charge in [-0.05, 0) is 17.0 Å². The maximum absolute atomic E-state index is 5.71. The van der Waals surface area contributed by atoms with E-state index in [1.165, 1.54) is 5.56 Å². The van der Waals surface area contributed by atoms with Gasteiger partial charge in [-0.1, -0.05) is 35.5 Å². The van der Waals surface area contributed by atoms with Crippen LogP contribution in [0.3, 0.4) is 0 Å². The molecule has 122 valence electrons. The highest BCUT2D eigenvalue weighted by Gasteiger charge is 2.13. The molecule has 2 N–H and O–H groups in total. The van der Waals surface area contributed by atoms with E-state index in [4.69, 9.17) is 10.3 Å². The lowest BCUT2D eigenvalue weighted by molar-refractivity contribution is 0.224. The van der Waals surface area contributed by atoms with Crippen LogP contribution in [0.25, 0.3) is 11.4 Å². The Bertz CT molecular complexity index is 687. The van der Waals surface area contributed by atoms with Gasteiger partial charge in [-0.3, -0.25) is 4.90 Å². The van der Waals surface area contributed by atoms with Crippen LogP contribution in [0.1, 0.15) is 11.5 Å². The molecule has 1 aromatic carbocycles. The zero-order chi connectivity index (χ0) is 15.2. The summed E-state index contributed by atoms with van der Waals surface area (Å²) >= 11 is 1.62. The third-order valence-corrected chi connectivity index (χ3v) is 3.98. The lowest BCUT2D eigenvalue weighted by Crippen LogP contribution is -2.28. The fourth-order valence-electron chi connectivity index (χ4n) is 2.26. The van der Waals surface area contributed by atoms with Gasteiger partial charge in [-0.25, -0.2) is 0 Å². The number of benzene rings is 1. The van der Waals surface area contributed by atoms with E-state index in [0.717, 1.165) is 18.7 Å². The van der Waals surface area contributed by atoms with Gasteiger partial charge in [0.2, 0.25) is 11.7 Å². The van der Waals surface area contributed by atoms with Crippen molar-refractivity contribution in [3.05, 3.63) is 58.6 Å². The average molecular weight is 351 g/mol. The second-order valence-electron chi connectivity index (χ2n) is 5.01. The molecule has 0 saturated carbocycles. The van der Waals surface area contributed by atoms with Crippen LogP contribution in [-0.2, 0) is 13.1 Å². The number of thiophene rings is 1. The predicted molar refractivity (Wildman–Crippen MR) is 94.5 cm³/mol. The number of nitrogens with two attached hydrogens (primary N) is 1. The molecule has 0 fully saturated rings. The van der Waals surface area contributed by atoms with Crippen LogP contribution < -0.4 is 5.73 Å². The molecule has 2 aromatic heterocycles. The van der Waals surface area contributed by atoms with Crippen molar-refractivity contribution in [1.82, 2.24) is 15.0 Å². The number of rotatable bonds is 7. The third kappa shape index (κ3) is 4.87. The molecule has 0 aliphatic carbocycles. The smallest absolute Gasteiger partial charge is 0.241 e. The van der Waals surface area contributed by atoms with Crippen LogP contribution in [0.2, 0.25) is 0 Å². The van der Waals surface area contributed by atoms with Crippen LogP contribution in [0.4, 0.5) is 0 Å². The van der Waals surface area contributed by atoms with Crippen LogP contribution >= 0.6 is 23.7 Å². The van der Waals surface area contributed by atoms with Crippen molar-refractivity contribution in [1.29, 1.82) is 0 Å². The van der Waals surface area contributed by atoms with Crippen LogP contribution in [-0.4, -0.2) is 28.1 Å². The number of hydrogen-bond donors (Lipinski definition) is 1. The molecular formula is C16H19ClN4OS. The van der Waals surface area contributed by atoms with Crippen molar-refractivity contribution >= 4 is 23.7 Å². The quantitative estimate of drug-likeness (QED) is 0.708. The van der Waals surface area contributed by atoms with Crippen molar-refractivity contribution in [3.63, 3.8) is 0 Å². The molecule has 7 heteroatoms. The largest absolute Gasteiger partial charge is 0.338 e. The maximum atomic E-state index is 5.71. The molecule has 0 bridgehead atoms. The van der Waals surface area contributed by atoms with Crippen LogP contribution in [0, 0.1) is 0 Å². The van der Waals surface area contributed by atoms with E-state index in [1.807, 2.05) is 35.0 Å². The summed E-state index contributed by atoms with van der Waals surface area (Å²) in [6.07, 6.45) is 0. The van der Waals surface area contributed by atoms with Crippen molar-refractivity contribution in [2.75, 3.05) is 13.1 Å². The lowest BCUT2D eigenvalue weighted by atomic mass is 10.2. The van der Waals surface area contributed by atoms with Crippen molar-refractivity contribution in [2.45, 2.75) is 13.1 Å². The Morgan fingerprint density at radius 2 is 1.96 bits per heavy atom. The fraction of sp³-hybridized carbons (Fsp3) is 0.250. The zero-order valence-electron chi connectivity index (χ0n) is 12.6. The second-order valence-corrected chi connectivity index (χ2v) is 5.79. The Balaban J connectivity index is 0.00000192. The van der Waals surface area contributed by atoms with E-state index < -0.39 is 0 Å². The molecule has 0 aliphatic heterocycles. The van der Waals surface area contributed by atoms with Crippen molar-refractivity contribution in [2.24, 2.45) is 5.73 Å². The molecule has 5 nitrogen and oxygen atoms in total. The van der Waals surface area contributed by atoms with Gasteiger partial charge >= 0.3 is 0 Å². The number of halogens is 1. The minimum atomic E-state index is 0. The monoisotopic (exact) mass is 350 g/mol. The highest BCUT2D eigenvalue weighted by Crippen LogP contribution is 2.19. The third-order valence-electron chi connectivity index (χ3n) is 3.30. The summed E-state index contributed by atoms with van der Waals surface area (Å²) in [5, 5.41) is 8.05. The second kappa shape index (κ2) is 8.79. The summed E-state index contributed by atoms with van der Waals surface area (Å²) in [6.45, 7) is 2.79. The number of hydrogen-bond acceptors (Lipinski definition) is 6. The van der Waals surface area contributed by atoms with E-state index in [0.29, 0.717) is 24.8 Å². The van der Waals surface area contributed by atoms with Gasteiger partial charge in [0.25, 0.3) is 0 Å². The number of aromatic nitrogens is 2. The van der Waals surface area contributed by atoms with Gasteiger partial charge < -0.3 is 10.3 Å². The van der Waals surface area contributed by atoms with E-state index in [9.17, 15) is 0 Å². The summed E-state index contributed by atoms with van der Waals surface area (Å²) in [7, 11) is 0. The first-order valence-electron chi connectivity index (χ1n) is 7.16. The summed E-state index contributed by atoms with van der Waals surface area (Å²) in [5.74, 6) is 1.26. The van der Waals surface area contributed by atoms with E-state index in [2.05, 4.69) is 27.2 Å². The molecule has 3 aromatic rings. The normalized spacial score (nSPS) is 10.7. The minimum absolute atomic E-state index is 0. The summed E-state index contributed by atoms with van der Waals surface area (Å²) in [6, 6.07) is 12.3. The van der Waals surface area contributed by atoms with Gasteiger partial charge in [0.1, 0.15) is 0 Å². The van der Waals surface area contributed by atoms with Gasteiger partial charge in [0.15, 0.2) is 0 Å². The summed E-state index contributed by atoms with van der Waals surface area (Å²) < 4.78 is 5.36. The maximum Gasteiger partial charge on any atom is 0.241 e. The molecule has 2 heterocycles. The molecule has 0 spiro atoms. The van der Waals surface area contributed by atoms with Gasteiger partial charge in [-0.15, -0.1) is 12.4 Å². The SMILES string of the molecule is Cl.NCCN(Cc1ccccc1)Cc1nc(-c2ccsc2)no1. The zero-order valence-corrected chi connectivity index (χ0v) is 14.2. The molecule has 0 aliphatic rings. The van der Waals surface area contributed by atoms with Crippen molar-refractivity contribution < 1.29 is 4.52 Å². The van der Waals surface area contributed by atoms with E-state index in [-0.39, 0.29) is 12.4 Å². The minimum Gasteiger partial charge on any atom is -0.338 e. The Labute approximate surface area is 145 Å². The molecule has 0 radical (unpaired) electrons. The van der Waals surface area contributed by atoms with Gasteiger partial charge in [-0.2, -0.15) is 16.3 Å². The van der Waals surface area contributed by atoms with Crippen molar-refractivity contribution in [3.8, 4) is 11.4 Å². The Morgan fingerprint density at radius 1 is 1.13 bits per heavy atom. The van der Waals surface area contributed by atoms with Crippen LogP contribution in [0.15, 0.2) is 51.7 Å². The molecule has 3 rings (SSSR count). The Morgan fingerprint density at radius 3 is 2.65 bits per heavy atom. The molecule has 23 heavy (non-hydrogen) atoms. The first kappa shape index (κ1) is 17.6. The van der Waals surface area contributed by atoms with E-state index >= 15 is 0 Å².